The number of rotatable bonds is 8. The zero-order chi connectivity index (χ0) is 18.9. The summed E-state index contributed by atoms with van der Waals surface area (Å²) >= 11 is 1.27. The van der Waals surface area contributed by atoms with E-state index in [4.69, 9.17) is 4.74 Å². The highest BCUT2D eigenvalue weighted by Gasteiger charge is 2.07. The fourth-order valence-electron chi connectivity index (χ4n) is 2.26. The number of benzene rings is 2. The van der Waals surface area contributed by atoms with E-state index in [2.05, 4.69) is 24.5 Å². The van der Waals surface area contributed by atoms with E-state index >= 15 is 0 Å². The molecule has 5 nitrogen and oxygen atoms in total. The summed E-state index contributed by atoms with van der Waals surface area (Å²) in [7, 11) is 1.59. The van der Waals surface area contributed by atoms with Gasteiger partial charge in [0.15, 0.2) is 0 Å². The quantitative estimate of drug-likeness (QED) is 0.731. The monoisotopic (exact) mass is 372 g/mol. The molecule has 0 atom stereocenters. The Morgan fingerprint density at radius 3 is 1.77 bits per heavy atom. The van der Waals surface area contributed by atoms with Crippen LogP contribution in [0.4, 0.5) is 11.4 Å². The Bertz CT molecular complexity index is 728. The highest BCUT2D eigenvalue weighted by Crippen LogP contribution is 2.18. The maximum Gasteiger partial charge on any atom is 0.234 e. The topological polar surface area (TPSA) is 67.4 Å². The summed E-state index contributed by atoms with van der Waals surface area (Å²) in [4.78, 5) is 23.9. The predicted octanol–water partition coefficient (Wildman–Crippen LogP) is 4.13. The smallest absolute Gasteiger partial charge is 0.234 e. The standard InChI is InChI=1S/C20H24N2O3S/c1-14(2)15-4-6-16(7-5-15)21-19(23)12-26-13-20(24)22-17-8-10-18(25-3)11-9-17/h4-11,14H,12-13H2,1-3H3,(H,21,23)(H,22,24). The van der Waals surface area contributed by atoms with Crippen molar-refractivity contribution >= 4 is 35.0 Å². The van der Waals surface area contributed by atoms with Gasteiger partial charge in [0, 0.05) is 11.4 Å². The molecule has 0 aromatic heterocycles. The molecule has 0 heterocycles. The molecule has 2 N–H and O–H groups in total. The Hall–Kier alpha value is -2.47. The summed E-state index contributed by atoms with van der Waals surface area (Å²) < 4.78 is 5.07. The molecule has 0 saturated carbocycles. The first-order valence-electron chi connectivity index (χ1n) is 8.39. The first kappa shape index (κ1) is 19.8. The van der Waals surface area contributed by atoms with Crippen LogP contribution in [-0.4, -0.2) is 30.4 Å². The second-order valence-corrected chi connectivity index (χ2v) is 7.08. The van der Waals surface area contributed by atoms with Gasteiger partial charge in [0.1, 0.15) is 5.75 Å². The van der Waals surface area contributed by atoms with Gasteiger partial charge in [0.05, 0.1) is 18.6 Å². The SMILES string of the molecule is COc1ccc(NC(=O)CSCC(=O)Nc2ccc(C(C)C)cc2)cc1. The van der Waals surface area contributed by atoms with Gasteiger partial charge >= 0.3 is 0 Å². The molecule has 0 unspecified atom stereocenters. The molecular formula is C20H24N2O3S. The first-order valence-corrected chi connectivity index (χ1v) is 9.55. The zero-order valence-corrected chi connectivity index (χ0v) is 16.1. The zero-order valence-electron chi connectivity index (χ0n) is 15.2. The maximum absolute atomic E-state index is 12.0. The predicted molar refractivity (Wildman–Crippen MR) is 108 cm³/mol. The Labute approximate surface area is 158 Å². The number of thioether (sulfide) groups is 1. The second kappa shape index (κ2) is 9.87. The molecule has 0 radical (unpaired) electrons. The lowest BCUT2D eigenvalue weighted by molar-refractivity contribution is -0.114. The Morgan fingerprint density at radius 2 is 1.35 bits per heavy atom. The van der Waals surface area contributed by atoms with E-state index in [0.717, 1.165) is 11.4 Å². The summed E-state index contributed by atoms with van der Waals surface area (Å²) in [6, 6.07) is 14.9. The number of hydrogen-bond acceptors (Lipinski definition) is 4. The van der Waals surface area contributed by atoms with Gasteiger partial charge in [0.25, 0.3) is 0 Å². The molecule has 2 rings (SSSR count). The molecule has 6 heteroatoms. The highest BCUT2D eigenvalue weighted by molar-refractivity contribution is 8.00. The summed E-state index contributed by atoms with van der Waals surface area (Å²) in [5.41, 5.74) is 2.70. The summed E-state index contributed by atoms with van der Waals surface area (Å²) in [6.07, 6.45) is 0. The van der Waals surface area contributed by atoms with Crippen molar-refractivity contribution in [2.45, 2.75) is 19.8 Å². The van der Waals surface area contributed by atoms with Gasteiger partial charge in [0.2, 0.25) is 11.8 Å². The van der Waals surface area contributed by atoms with Crippen molar-refractivity contribution in [1.29, 1.82) is 0 Å². The van der Waals surface area contributed by atoms with E-state index in [9.17, 15) is 9.59 Å². The van der Waals surface area contributed by atoms with Crippen LogP contribution in [0.1, 0.15) is 25.3 Å². The highest BCUT2D eigenvalue weighted by atomic mass is 32.2. The van der Waals surface area contributed by atoms with E-state index in [1.165, 1.54) is 17.3 Å². The summed E-state index contributed by atoms with van der Waals surface area (Å²) in [6.45, 7) is 4.25. The third-order valence-corrected chi connectivity index (χ3v) is 4.63. The van der Waals surface area contributed by atoms with Crippen LogP contribution in [0.3, 0.4) is 0 Å². The van der Waals surface area contributed by atoms with E-state index in [-0.39, 0.29) is 23.3 Å². The number of methoxy groups -OCH3 is 1. The molecule has 138 valence electrons. The van der Waals surface area contributed by atoms with Gasteiger partial charge in [-0.25, -0.2) is 0 Å². The van der Waals surface area contributed by atoms with Gasteiger partial charge in [-0.3, -0.25) is 9.59 Å². The molecule has 2 aromatic rings. The van der Waals surface area contributed by atoms with Crippen LogP contribution < -0.4 is 15.4 Å². The van der Waals surface area contributed by atoms with Crippen LogP contribution >= 0.6 is 11.8 Å². The minimum absolute atomic E-state index is 0.121. The van der Waals surface area contributed by atoms with Crippen molar-refractivity contribution < 1.29 is 14.3 Å². The van der Waals surface area contributed by atoms with E-state index < -0.39 is 0 Å². The summed E-state index contributed by atoms with van der Waals surface area (Å²) in [5, 5.41) is 5.63. The number of amides is 2. The third kappa shape index (κ3) is 6.44. The number of carbonyl (C=O) groups is 2. The molecule has 0 fully saturated rings. The van der Waals surface area contributed by atoms with E-state index in [0.29, 0.717) is 11.6 Å². The van der Waals surface area contributed by atoms with Gasteiger partial charge in [-0.05, 0) is 47.9 Å². The molecule has 26 heavy (non-hydrogen) atoms. The van der Waals surface area contributed by atoms with Gasteiger partial charge in [-0.1, -0.05) is 26.0 Å². The van der Waals surface area contributed by atoms with Crippen LogP contribution in [0, 0.1) is 0 Å². The molecule has 2 aromatic carbocycles. The molecule has 0 aliphatic rings. The maximum atomic E-state index is 12.0. The number of ether oxygens (including phenoxy) is 1. The summed E-state index contributed by atoms with van der Waals surface area (Å²) in [5.74, 6) is 1.36. The molecule has 2 amide bonds. The second-order valence-electron chi connectivity index (χ2n) is 6.09. The average molecular weight is 372 g/mol. The Morgan fingerprint density at radius 1 is 0.885 bits per heavy atom. The van der Waals surface area contributed by atoms with E-state index in [1.54, 1.807) is 31.4 Å². The molecule has 0 spiro atoms. The van der Waals surface area contributed by atoms with Gasteiger partial charge in [-0.15, -0.1) is 11.8 Å². The largest absolute Gasteiger partial charge is 0.497 e. The van der Waals surface area contributed by atoms with Gasteiger partial charge in [-0.2, -0.15) is 0 Å². The van der Waals surface area contributed by atoms with Crippen LogP contribution in [0.5, 0.6) is 5.75 Å². The van der Waals surface area contributed by atoms with Crippen molar-refractivity contribution in [3.8, 4) is 5.75 Å². The van der Waals surface area contributed by atoms with Crippen molar-refractivity contribution in [1.82, 2.24) is 0 Å². The number of nitrogens with one attached hydrogen (secondary N) is 2. The van der Waals surface area contributed by atoms with Crippen LogP contribution in [0.25, 0.3) is 0 Å². The minimum Gasteiger partial charge on any atom is -0.497 e. The normalized spacial score (nSPS) is 10.5. The Kier molecular flexibility index (Phi) is 7.53. The molecule has 0 aliphatic carbocycles. The lowest BCUT2D eigenvalue weighted by atomic mass is 10.0. The van der Waals surface area contributed by atoms with Crippen molar-refractivity contribution in [3.63, 3.8) is 0 Å². The van der Waals surface area contributed by atoms with Crippen LogP contribution in [0.2, 0.25) is 0 Å². The first-order chi connectivity index (χ1) is 12.5. The van der Waals surface area contributed by atoms with Crippen molar-refractivity contribution in [3.05, 3.63) is 54.1 Å². The third-order valence-electron chi connectivity index (χ3n) is 3.70. The molecular weight excluding hydrogens is 348 g/mol. The lowest BCUT2D eigenvalue weighted by Crippen LogP contribution is -2.18. The minimum atomic E-state index is -0.144. The number of carbonyl (C=O) groups excluding carboxylic acids is 2. The van der Waals surface area contributed by atoms with Crippen LogP contribution in [-0.2, 0) is 9.59 Å². The molecule has 0 aliphatic heterocycles. The number of anilines is 2. The fourth-order valence-corrected chi connectivity index (χ4v) is 2.87. The van der Waals surface area contributed by atoms with Gasteiger partial charge < -0.3 is 15.4 Å². The van der Waals surface area contributed by atoms with Crippen molar-refractivity contribution in [2.24, 2.45) is 0 Å². The lowest BCUT2D eigenvalue weighted by Gasteiger charge is -2.09. The molecule has 0 bridgehead atoms. The Balaban J connectivity index is 1.70. The van der Waals surface area contributed by atoms with Crippen LogP contribution in [0.15, 0.2) is 48.5 Å². The molecule has 0 saturated heterocycles. The van der Waals surface area contributed by atoms with Crippen molar-refractivity contribution in [2.75, 3.05) is 29.2 Å². The average Bonchev–Trinajstić information content (AvgIpc) is 2.62. The van der Waals surface area contributed by atoms with E-state index in [1.807, 2.05) is 24.3 Å². The number of hydrogen-bond donors (Lipinski definition) is 2. The fraction of sp³-hybridized carbons (Fsp3) is 0.300.